The molecule has 3 heterocycles. The van der Waals surface area contributed by atoms with Crippen molar-refractivity contribution in [2.24, 2.45) is 0 Å². The number of aryl methyl sites for hydroxylation is 1. The smallest absolute Gasteiger partial charge is 0.274 e. The minimum atomic E-state index is -1.22. The molecule has 0 unspecified atom stereocenters. The first-order chi connectivity index (χ1) is 15.0. The average molecular weight is 443 g/mol. The van der Waals surface area contributed by atoms with Crippen LogP contribution < -0.4 is 10.7 Å². The first-order valence-corrected chi connectivity index (χ1v) is 10.6. The van der Waals surface area contributed by atoms with Gasteiger partial charge < -0.3 is 25.0 Å². The highest BCUT2D eigenvalue weighted by molar-refractivity contribution is 5.99. The van der Waals surface area contributed by atoms with E-state index in [9.17, 15) is 29.0 Å². The van der Waals surface area contributed by atoms with Crippen molar-refractivity contribution in [1.29, 1.82) is 0 Å². The van der Waals surface area contributed by atoms with Gasteiger partial charge in [-0.15, -0.1) is 0 Å². The molecule has 3 atom stereocenters. The summed E-state index contributed by atoms with van der Waals surface area (Å²) in [6.07, 6.45) is 2.18. The van der Waals surface area contributed by atoms with E-state index < -0.39 is 40.5 Å². The van der Waals surface area contributed by atoms with Crippen molar-refractivity contribution in [3.8, 4) is 5.75 Å². The zero-order valence-electron chi connectivity index (χ0n) is 18.2. The fourth-order valence-corrected chi connectivity index (χ4v) is 4.50. The maximum atomic E-state index is 14.1. The monoisotopic (exact) mass is 443 g/mol. The first-order valence-electron chi connectivity index (χ1n) is 10.6. The van der Waals surface area contributed by atoms with Gasteiger partial charge in [0.25, 0.3) is 11.8 Å². The molecule has 2 aliphatic rings. The number of halogens is 1. The quantitative estimate of drug-likeness (QED) is 0.671. The Bertz CT molecular complexity index is 1170. The molecule has 3 N–H and O–H groups in total. The van der Waals surface area contributed by atoms with Crippen LogP contribution in [0.25, 0.3) is 0 Å². The van der Waals surface area contributed by atoms with Crippen LogP contribution in [0.4, 0.5) is 4.39 Å². The van der Waals surface area contributed by atoms with Crippen LogP contribution >= 0.6 is 0 Å². The number of fused-ring (bicyclic) bond motifs is 4. The summed E-state index contributed by atoms with van der Waals surface area (Å²) in [6, 6.07) is 3.77. The van der Waals surface area contributed by atoms with E-state index in [-0.39, 0.29) is 36.0 Å². The Morgan fingerprint density at radius 3 is 2.75 bits per heavy atom. The number of carbonyl (C=O) groups is 2. The zero-order chi connectivity index (χ0) is 23.4. The number of hydrogen-bond donors (Lipinski definition) is 3. The average Bonchev–Trinajstić information content (AvgIpc) is 2.83. The highest BCUT2D eigenvalue weighted by Gasteiger charge is 2.46. The molecule has 2 bridgehead atoms. The molecule has 2 aromatic rings. The van der Waals surface area contributed by atoms with Gasteiger partial charge in [0, 0.05) is 30.9 Å². The molecule has 170 valence electrons. The van der Waals surface area contributed by atoms with E-state index in [0.29, 0.717) is 12.8 Å². The van der Waals surface area contributed by atoms with E-state index in [1.54, 1.807) is 30.9 Å². The van der Waals surface area contributed by atoms with E-state index in [4.69, 9.17) is 0 Å². The summed E-state index contributed by atoms with van der Waals surface area (Å²) in [5.74, 6) is -2.64. The number of nitrogens with one attached hydrogen (secondary N) is 1. The number of pyridine rings is 1. The van der Waals surface area contributed by atoms with Gasteiger partial charge in [-0.1, -0.05) is 12.1 Å². The van der Waals surface area contributed by atoms with Gasteiger partial charge in [-0.2, -0.15) is 0 Å². The van der Waals surface area contributed by atoms with Gasteiger partial charge >= 0.3 is 0 Å². The van der Waals surface area contributed by atoms with Gasteiger partial charge in [0.05, 0.1) is 11.6 Å². The lowest BCUT2D eigenvalue weighted by Gasteiger charge is -2.41. The minimum Gasteiger partial charge on any atom is -0.503 e. The van der Waals surface area contributed by atoms with E-state index in [2.05, 4.69) is 5.32 Å². The second-order valence-electron chi connectivity index (χ2n) is 8.97. The van der Waals surface area contributed by atoms with Crippen molar-refractivity contribution in [3.63, 3.8) is 0 Å². The van der Waals surface area contributed by atoms with Crippen LogP contribution in [0, 0.1) is 12.7 Å². The van der Waals surface area contributed by atoms with Crippen molar-refractivity contribution in [3.05, 3.63) is 62.8 Å². The van der Waals surface area contributed by atoms with E-state index in [1.807, 2.05) is 6.92 Å². The number of aliphatic hydroxyl groups is 1. The Hall–Kier alpha value is -3.20. The van der Waals surface area contributed by atoms with Crippen molar-refractivity contribution >= 4 is 11.8 Å². The Morgan fingerprint density at radius 1 is 1.34 bits per heavy atom. The number of aromatic nitrogens is 1. The summed E-state index contributed by atoms with van der Waals surface area (Å²) in [5.41, 5.74) is -1.84. The summed E-state index contributed by atoms with van der Waals surface area (Å²) >= 11 is 0. The normalized spacial score (nSPS) is 24.7. The van der Waals surface area contributed by atoms with E-state index in [0.717, 1.165) is 5.56 Å². The number of aromatic hydroxyl groups is 1. The molecular weight excluding hydrogens is 417 g/mol. The van der Waals surface area contributed by atoms with Crippen LogP contribution in [-0.4, -0.2) is 49.7 Å². The van der Waals surface area contributed by atoms with E-state index >= 15 is 0 Å². The predicted octanol–water partition coefficient (Wildman–Crippen LogP) is 1.86. The number of amides is 2. The molecule has 2 aliphatic heterocycles. The highest BCUT2D eigenvalue weighted by atomic mass is 19.1. The van der Waals surface area contributed by atoms with Crippen LogP contribution in [0.5, 0.6) is 5.75 Å². The molecule has 0 saturated carbocycles. The van der Waals surface area contributed by atoms with Crippen LogP contribution in [0.1, 0.15) is 64.7 Å². The third-order valence-electron chi connectivity index (χ3n) is 6.59. The molecule has 0 spiro atoms. The van der Waals surface area contributed by atoms with Crippen LogP contribution in [0.2, 0.25) is 0 Å². The molecule has 9 heteroatoms. The molecule has 1 aromatic carbocycles. The largest absolute Gasteiger partial charge is 0.503 e. The number of hydrogen-bond acceptors (Lipinski definition) is 5. The van der Waals surface area contributed by atoms with Gasteiger partial charge in [-0.25, -0.2) is 4.39 Å². The lowest BCUT2D eigenvalue weighted by atomic mass is 9.90. The van der Waals surface area contributed by atoms with Gasteiger partial charge in [-0.3, -0.25) is 14.4 Å². The molecule has 8 nitrogen and oxygen atoms in total. The molecule has 0 aliphatic carbocycles. The van der Waals surface area contributed by atoms with Gasteiger partial charge in [0.1, 0.15) is 11.4 Å². The molecule has 1 fully saturated rings. The minimum absolute atomic E-state index is 0.154. The van der Waals surface area contributed by atoms with Crippen LogP contribution in [-0.2, 0) is 6.54 Å². The van der Waals surface area contributed by atoms with Crippen molar-refractivity contribution in [1.82, 2.24) is 14.8 Å². The molecule has 2 amide bonds. The first kappa shape index (κ1) is 22.0. The molecule has 0 radical (unpaired) electrons. The maximum absolute atomic E-state index is 14.1. The summed E-state index contributed by atoms with van der Waals surface area (Å²) in [6.45, 7) is 5.28. The van der Waals surface area contributed by atoms with Crippen LogP contribution in [0.15, 0.2) is 29.2 Å². The fourth-order valence-electron chi connectivity index (χ4n) is 4.50. The van der Waals surface area contributed by atoms with Crippen molar-refractivity contribution in [2.45, 2.75) is 57.8 Å². The molecular formula is C23H26FN3O5. The third-order valence-corrected chi connectivity index (χ3v) is 6.59. The fraction of sp³-hybridized carbons (Fsp3) is 0.435. The Balaban J connectivity index is 1.73. The molecule has 4 rings (SSSR count). The van der Waals surface area contributed by atoms with Crippen molar-refractivity contribution in [2.75, 3.05) is 6.54 Å². The SMILES string of the molecule is Cc1ccc(CNC(=O)c2cn3c(c(O)c2=O)C(=O)N2C[C@@H]3[C@](C)(O)CC[C@@H]2C)c(F)c1. The Labute approximate surface area is 184 Å². The topological polar surface area (TPSA) is 112 Å². The zero-order valence-corrected chi connectivity index (χ0v) is 18.2. The van der Waals surface area contributed by atoms with E-state index in [1.165, 1.54) is 16.8 Å². The summed E-state index contributed by atoms with van der Waals surface area (Å²) < 4.78 is 15.4. The third kappa shape index (κ3) is 3.56. The van der Waals surface area contributed by atoms with Gasteiger partial charge in [-0.05, 0) is 45.2 Å². The molecule has 1 saturated heterocycles. The number of carbonyl (C=O) groups excluding carboxylic acids is 2. The predicted molar refractivity (Wildman–Crippen MR) is 114 cm³/mol. The van der Waals surface area contributed by atoms with Crippen molar-refractivity contribution < 1.29 is 24.2 Å². The van der Waals surface area contributed by atoms with Crippen LogP contribution in [0.3, 0.4) is 0 Å². The summed E-state index contributed by atoms with van der Waals surface area (Å²) in [4.78, 5) is 40.1. The van der Waals surface area contributed by atoms with Gasteiger partial charge in [0.15, 0.2) is 11.4 Å². The standard InChI is InChI=1S/C23H26FN3O5/c1-12-4-5-14(16(24)8-12)9-25-21(30)15-10-27-17-11-26(13(2)6-7-23(17,3)32)22(31)18(27)20(29)19(15)28/h4-5,8,10,13,17,29,32H,6-7,9,11H2,1-3H3,(H,25,30)/t13-,17+,23+/m0/s1. The second-order valence-corrected chi connectivity index (χ2v) is 8.97. The summed E-state index contributed by atoms with van der Waals surface area (Å²) in [7, 11) is 0. The lowest BCUT2D eigenvalue weighted by Crippen LogP contribution is -2.51. The Kier molecular flexibility index (Phi) is 5.32. The highest BCUT2D eigenvalue weighted by Crippen LogP contribution is 2.39. The molecule has 1 aromatic heterocycles. The lowest BCUT2D eigenvalue weighted by molar-refractivity contribution is -0.00840. The maximum Gasteiger partial charge on any atom is 0.274 e. The number of nitrogens with zero attached hydrogens (tertiary/aromatic N) is 2. The number of benzene rings is 1. The number of rotatable bonds is 3. The Morgan fingerprint density at radius 2 is 2.06 bits per heavy atom. The second kappa shape index (κ2) is 7.74. The molecule has 32 heavy (non-hydrogen) atoms. The summed E-state index contributed by atoms with van der Waals surface area (Å²) in [5, 5.41) is 24.2. The van der Waals surface area contributed by atoms with Gasteiger partial charge in [0.2, 0.25) is 5.43 Å².